The Labute approximate surface area is 104 Å². The van der Waals surface area contributed by atoms with Crippen molar-refractivity contribution in [3.8, 4) is 0 Å². The highest BCUT2D eigenvalue weighted by Gasteiger charge is 2.22. The Morgan fingerprint density at radius 3 is 2.65 bits per heavy atom. The van der Waals surface area contributed by atoms with E-state index < -0.39 is 0 Å². The van der Waals surface area contributed by atoms with E-state index in [9.17, 15) is 0 Å². The van der Waals surface area contributed by atoms with E-state index in [0.29, 0.717) is 0 Å². The van der Waals surface area contributed by atoms with Gasteiger partial charge in [0.2, 0.25) is 0 Å². The van der Waals surface area contributed by atoms with Crippen LogP contribution in [0.2, 0.25) is 0 Å². The van der Waals surface area contributed by atoms with Crippen LogP contribution in [-0.4, -0.2) is 24.5 Å². The maximum absolute atomic E-state index is 5.81. The van der Waals surface area contributed by atoms with Crippen LogP contribution in [0.5, 0.6) is 0 Å². The van der Waals surface area contributed by atoms with Crippen LogP contribution in [-0.2, 0) is 13.1 Å². The van der Waals surface area contributed by atoms with Crippen LogP contribution in [0.3, 0.4) is 0 Å². The van der Waals surface area contributed by atoms with Gasteiger partial charge in [-0.05, 0) is 38.6 Å². The van der Waals surface area contributed by atoms with Gasteiger partial charge in [-0.1, -0.05) is 19.8 Å². The first-order chi connectivity index (χ1) is 8.33. The van der Waals surface area contributed by atoms with Crippen LogP contribution < -0.4 is 5.32 Å². The summed E-state index contributed by atoms with van der Waals surface area (Å²) in [6.45, 7) is 5.14. The van der Waals surface area contributed by atoms with Crippen molar-refractivity contribution in [3.63, 3.8) is 0 Å². The summed E-state index contributed by atoms with van der Waals surface area (Å²) in [5.74, 6) is 2.13. The highest BCUT2D eigenvalue weighted by atomic mass is 16.3. The highest BCUT2D eigenvalue weighted by molar-refractivity contribution is 5.07. The zero-order valence-electron chi connectivity index (χ0n) is 11.0. The van der Waals surface area contributed by atoms with Crippen molar-refractivity contribution in [2.24, 2.45) is 0 Å². The molecule has 0 aliphatic heterocycles. The Morgan fingerprint density at radius 1 is 1.29 bits per heavy atom. The lowest BCUT2D eigenvalue weighted by Gasteiger charge is -2.26. The summed E-state index contributed by atoms with van der Waals surface area (Å²) in [6, 6.07) is 4.97. The van der Waals surface area contributed by atoms with Gasteiger partial charge in [0.1, 0.15) is 11.5 Å². The smallest absolute Gasteiger partial charge is 0.118 e. The monoisotopic (exact) mass is 236 g/mol. The van der Waals surface area contributed by atoms with Crippen LogP contribution in [0, 0.1) is 0 Å². The van der Waals surface area contributed by atoms with Crippen LogP contribution in [0.1, 0.15) is 44.1 Å². The lowest BCUT2D eigenvalue weighted by Crippen LogP contribution is -2.32. The Balaban J connectivity index is 1.92. The topological polar surface area (TPSA) is 28.4 Å². The Bertz CT molecular complexity index is 329. The molecule has 0 aromatic carbocycles. The molecule has 3 heteroatoms. The first kappa shape index (κ1) is 12.7. The van der Waals surface area contributed by atoms with Crippen LogP contribution in [0.15, 0.2) is 16.5 Å². The molecule has 2 rings (SSSR count). The van der Waals surface area contributed by atoms with E-state index >= 15 is 0 Å². The second-order valence-corrected chi connectivity index (χ2v) is 4.90. The largest absolute Gasteiger partial charge is 0.463 e. The van der Waals surface area contributed by atoms with Gasteiger partial charge in [0.25, 0.3) is 0 Å². The van der Waals surface area contributed by atoms with E-state index in [-0.39, 0.29) is 0 Å². The molecular weight excluding hydrogens is 212 g/mol. The molecule has 0 radical (unpaired) electrons. The van der Waals surface area contributed by atoms with Crippen LogP contribution in [0.4, 0.5) is 0 Å². The van der Waals surface area contributed by atoms with E-state index in [2.05, 4.69) is 29.3 Å². The molecule has 1 aliphatic rings. The third-order valence-electron chi connectivity index (χ3n) is 3.67. The van der Waals surface area contributed by atoms with Gasteiger partial charge in [-0.15, -0.1) is 0 Å². The fourth-order valence-electron chi connectivity index (χ4n) is 2.75. The number of hydrogen-bond acceptors (Lipinski definition) is 3. The molecule has 1 fully saturated rings. The summed E-state index contributed by atoms with van der Waals surface area (Å²) >= 11 is 0. The molecule has 1 N–H and O–H groups in total. The minimum Gasteiger partial charge on any atom is -0.463 e. The lowest BCUT2D eigenvalue weighted by molar-refractivity contribution is 0.184. The van der Waals surface area contributed by atoms with Gasteiger partial charge in [0.15, 0.2) is 0 Å². The van der Waals surface area contributed by atoms with Crippen LogP contribution in [0.25, 0.3) is 0 Å². The van der Waals surface area contributed by atoms with Gasteiger partial charge in [-0.3, -0.25) is 4.90 Å². The lowest BCUT2D eigenvalue weighted by atomic mass is 10.2. The Hall–Kier alpha value is -0.800. The molecule has 3 nitrogen and oxygen atoms in total. The van der Waals surface area contributed by atoms with Crippen molar-refractivity contribution in [1.29, 1.82) is 0 Å². The van der Waals surface area contributed by atoms with Gasteiger partial charge >= 0.3 is 0 Å². The van der Waals surface area contributed by atoms with Crippen LogP contribution >= 0.6 is 0 Å². The minimum absolute atomic E-state index is 0.776. The second-order valence-electron chi connectivity index (χ2n) is 4.90. The van der Waals surface area contributed by atoms with Crippen molar-refractivity contribution >= 4 is 0 Å². The third-order valence-corrected chi connectivity index (χ3v) is 3.67. The van der Waals surface area contributed by atoms with Gasteiger partial charge in [0.05, 0.1) is 13.1 Å². The first-order valence-electron chi connectivity index (χ1n) is 6.79. The number of hydrogen-bond donors (Lipinski definition) is 1. The molecule has 96 valence electrons. The molecule has 0 amide bonds. The number of nitrogens with one attached hydrogen (secondary N) is 1. The summed E-state index contributed by atoms with van der Waals surface area (Å²) < 4.78 is 5.81. The Morgan fingerprint density at radius 2 is 2.00 bits per heavy atom. The van der Waals surface area contributed by atoms with Gasteiger partial charge in [0, 0.05) is 6.04 Å². The molecule has 1 saturated carbocycles. The molecule has 17 heavy (non-hydrogen) atoms. The quantitative estimate of drug-likeness (QED) is 0.823. The molecule has 0 saturated heterocycles. The van der Waals surface area contributed by atoms with Gasteiger partial charge in [-0.25, -0.2) is 0 Å². The number of rotatable bonds is 6. The average Bonchev–Trinajstić information content (AvgIpc) is 2.97. The van der Waals surface area contributed by atoms with E-state index in [1.165, 1.54) is 25.7 Å². The predicted molar refractivity (Wildman–Crippen MR) is 69.8 cm³/mol. The summed E-state index contributed by atoms with van der Waals surface area (Å²) in [7, 11) is 1.94. The first-order valence-corrected chi connectivity index (χ1v) is 6.79. The molecule has 1 aromatic heterocycles. The minimum atomic E-state index is 0.776. The maximum Gasteiger partial charge on any atom is 0.118 e. The highest BCUT2D eigenvalue weighted by Crippen LogP contribution is 2.25. The van der Waals surface area contributed by atoms with Crippen molar-refractivity contribution in [2.75, 3.05) is 13.6 Å². The van der Waals surface area contributed by atoms with E-state index in [4.69, 9.17) is 4.42 Å². The normalized spacial score (nSPS) is 17.1. The van der Waals surface area contributed by atoms with Gasteiger partial charge < -0.3 is 9.73 Å². The predicted octanol–water partition coefficient (Wildman–Crippen LogP) is 2.76. The summed E-state index contributed by atoms with van der Waals surface area (Å²) in [4.78, 5) is 2.55. The van der Waals surface area contributed by atoms with Crippen molar-refractivity contribution in [2.45, 2.75) is 51.7 Å². The molecule has 1 heterocycles. The number of furan rings is 1. The van der Waals surface area contributed by atoms with Crippen molar-refractivity contribution in [1.82, 2.24) is 10.2 Å². The molecule has 1 aliphatic carbocycles. The fourth-order valence-corrected chi connectivity index (χ4v) is 2.75. The molecule has 0 spiro atoms. The van der Waals surface area contributed by atoms with E-state index in [1.54, 1.807) is 0 Å². The van der Waals surface area contributed by atoms with Gasteiger partial charge in [-0.2, -0.15) is 0 Å². The summed E-state index contributed by atoms with van der Waals surface area (Å²) in [5, 5.41) is 3.11. The summed E-state index contributed by atoms with van der Waals surface area (Å²) in [5.41, 5.74) is 0. The maximum atomic E-state index is 5.81. The number of nitrogens with zero attached hydrogens (tertiary/aromatic N) is 1. The molecule has 0 atom stereocenters. The SMILES string of the molecule is CCN(Cc1ccc(CNC)o1)C1CCCC1. The Kier molecular flexibility index (Phi) is 4.63. The molecular formula is C14H24N2O. The van der Waals surface area contributed by atoms with E-state index in [1.807, 2.05) is 7.05 Å². The average molecular weight is 236 g/mol. The third kappa shape index (κ3) is 3.33. The van der Waals surface area contributed by atoms with E-state index in [0.717, 1.165) is 37.2 Å². The second kappa shape index (κ2) is 6.22. The van der Waals surface area contributed by atoms with Crippen molar-refractivity contribution < 1.29 is 4.42 Å². The molecule has 1 aromatic rings. The zero-order valence-corrected chi connectivity index (χ0v) is 11.0. The summed E-state index contributed by atoms with van der Waals surface area (Å²) in [6.07, 6.45) is 5.50. The zero-order chi connectivity index (χ0) is 12.1. The van der Waals surface area contributed by atoms with Crippen molar-refractivity contribution in [3.05, 3.63) is 23.7 Å². The standard InChI is InChI=1S/C14H24N2O/c1-3-16(12-6-4-5-7-12)11-14-9-8-13(17-14)10-15-2/h8-9,12,15H,3-7,10-11H2,1-2H3. The molecule has 0 unspecified atom stereocenters. The molecule has 0 bridgehead atoms. The fraction of sp³-hybridized carbons (Fsp3) is 0.714.